The fourth-order valence-electron chi connectivity index (χ4n) is 2.74. The molecule has 6 heteroatoms. The Bertz CT molecular complexity index is 1030. The smallest absolute Gasteiger partial charge is 0.250 e. The lowest BCUT2D eigenvalue weighted by Crippen LogP contribution is -2.07. The molecule has 0 aliphatic heterocycles. The number of hydrogen-bond donors (Lipinski definition) is 2. The maximum Gasteiger partial charge on any atom is 0.250 e. The summed E-state index contributed by atoms with van der Waals surface area (Å²) < 4.78 is 0. The Balaban J connectivity index is 1.59. The molecule has 29 heavy (non-hydrogen) atoms. The maximum absolute atomic E-state index is 12.2. The fourth-order valence-corrected chi connectivity index (χ4v) is 3.74. The van der Waals surface area contributed by atoms with E-state index in [0.29, 0.717) is 5.13 Å². The summed E-state index contributed by atoms with van der Waals surface area (Å²) in [6.45, 7) is 5.49. The van der Waals surface area contributed by atoms with E-state index in [2.05, 4.69) is 46.8 Å². The van der Waals surface area contributed by atoms with Crippen molar-refractivity contribution in [2.75, 3.05) is 10.6 Å². The largest absolute Gasteiger partial charge is 0.326 e. The first-order chi connectivity index (χ1) is 13.9. The second kappa shape index (κ2) is 9.30. The van der Waals surface area contributed by atoms with Gasteiger partial charge >= 0.3 is 0 Å². The number of thiazole rings is 1. The second-order valence-electron chi connectivity index (χ2n) is 6.82. The van der Waals surface area contributed by atoms with Crippen molar-refractivity contribution in [3.63, 3.8) is 0 Å². The van der Waals surface area contributed by atoms with Gasteiger partial charge in [0.15, 0.2) is 5.13 Å². The van der Waals surface area contributed by atoms with Gasteiger partial charge < -0.3 is 5.32 Å². The molecule has 0 radical (unpaired) electrons. The summed E-state index contributed by atoms with van der Waals surface area (Å²) in [4.78, 5) is 28.9. The zero-order chi connectivity index (χ0) is 20.8. The number of benzene rings is 2. The van der Waals surface area contributed by atoms with Crippen LogP contribution in [0.3, 0.4) is 0 Å². The van der Waals surface area contributed by atoms with Gasteiger partial charge in [-0.15, -0.1) is 11.3 Å². The van der Waals surface area contributed by atoms with Crippen molar-refractivity contribution in [2.24, 2.45) is 0 Å². The molecule has 1 heterocycles. The fraction of sp³-hybridized carbons (Fsp3) is 0.174. The standard InChI is InChI=1S/C23H23N3O2S/c1-15-4-6-19(7-5-15)14-21-16(2)24-23(29-21)26-22(28)13-10-18-8-11-20(12-9-18)25-17(3)27/h4-13H,14H2,1-3H3,(H,25,27)(H,24,26,28)/b13-10+. The molecule has 0 atom stereocenters. The predicted octanol–water partition coefficient (Wildman–Crippen LogP) is 4.96. The van der Waals surface area contributed by atoms with E-state index in [9.17, 15) is 9.59 Å². The first kappa shape index (κ1) is 20.5. The average Bonchev–Trinajstić information content (AvgIpc) is 3.01. The highest BCUT2D eigenvalue weighted by atomic mass is 32.1. The zero-order valence-corrected chi connectivity index (χ0v) is 17.5. The monoisotopic (exact) mass is 405 g/mol. The van der Waals surface area contributed by atoms with Gasteiger partial charge in [-0.2, -0.15) is 0 Å². The summed E-state index contributed by atoms with van der Waals surface area (Å²) in [7, 11) is 0. The topological polar surface area (TPSA) is 71.1 Å². The van der Waals surface area contributed by atoms with Crippen molar-refractivity contribution in [1.29, 1.82) is 0 Å². The number of aryl methyl sites for hydroxylation is 2. The molecule has 2 aromatic carbocycles. The van der Waals surface area contributed by atoms with E-state index >= 15 is 0 Å². The highest BCUT2D eigenvalue weighted by Gasteiger charge is 2.10. The van der Waals surface area contributed by atoms with Crippen LogP contribution in [0.5, 0.6) is 0 Å². The molecule has 2 amide bonds. The van der Waals surface area contributed by atoms with Crippen molar-refractivity contribution >= 4 is 40.0 Å². The first-order valence-electron chi connectivity index (χ1n) is 9.27. The first-order valence-corrected chi connectivity index (χ1v) is 10.1. The Morgan fingerprint density at radius 3 is 2.34 bits per heavy atom. The number of hydrogen-bond acceptors (Lipinski definition) is 4. The molecule has 0 bridgehead atoms. The summed E-state index contributed by atoms with van der Waals surface area (Å²) in [5.41, 5.74) is 4.98. The van der Waals surface area contributed by atoms with E-state index in [4.69, 9.17) is 0 Å². The molecule has 0 spiro atoms. The predicted molar refractivity (Wildman–Crippen MR) is 119 cm³/mol. The van der Waals surface area contributed by atoms with Crippen LogP contribution in [-0.2, 0) is 16.0 Å². The maximum atomic E-state index is 12.2. The Kier molecular flexibility index (Phi) is 6.57. The molecule has 0 aliphatic rings. The van der Waals surface area contributed by atoms with Crippen LogP contribution in [0, 0.1) is 13.8 Å². The number of anilines is 2. The minimum absolute atomic E-state index is 0.117. The van der Waals surface area contributed by atoms with Crippen LogP contribution in [0.25, 0.3) is 6.08 Å². The number of rotatable bonds is 6. The lowest BCUT2D eigenvalue weighted by Gasteiger charge is -2.01. The number of amides is 2. The molecule has 0 saturated carbocycles. The summed E-state index contributed by atoms with van der Waals surface area (Å²) in [6.07, 6.45) is 4.00. The Hall–Kier alpha value is -3.25. The van der Waals surface area contributed by atoms with Gasteiger partial charge in [0.25, 0.3) is 0 Å². The summed E-state index contributed by atoms with van der Waals surface area (Å²) in [5.74, 6) is -0.347. The molecular formula is C23H23N3O2S. The van der Waals surface area contributed by atoms with Crippen LogP contribution in [-0.4, -0.2) is 16.8 Å². The van der Waals surface area contributed by atoms with E-state index in [1.54, 1.807) is 18.2 Å². The highest BCUT2D eigenvalue weighted by molar-refractivity contribution is 7.15. The Morgan fingerprint density at radius 1 is 1.00 bits per heavy atom. The number of nitrogens with one attached hydrogen (secondary N) is 2. The van der Waals surface area contributed by atoms with Gasteiger partial charge in [-0.3, -0.25) is 14.9 Å². The van der Waals surface area contributed by atoms with Gasteiger partial charge in [0.05, 0.1) is 5.69 Å². The zero-order valence-electron chi connectivity index (χ0n) is 16.7. The van der Waals surface area contributed by atoms with Crippen LogP contribution in [0.1, 0.15) is 34.2 Å². The van der Waals surface area contributed by atoms with E-state index in [-0.39, 0.29) is 11.8 Å². The van der Waals surface area contributed by atoms with Gasteiger partial charge in [0.1, 0.15) is 0 Å². The van der Waals surface area contributed by atoms with Gasteiger partial charge in [0.2, 0.25) is 11.8 Å². The minimum atomic E-state index is -0.230. The summed E-state index contributed by atoms with van der Waals surface area (Å²) >= 11 is 1.50. The van der Waals surface area contributed by atoms with Gasteiger partial charge in [-0.05, 0) is 43.2 Å². The third-order valence-corrected chi connectivity index (χ3v) is 5.34. The highest BCUT2D eigenvalue weighted by Crippen LogP contribution is 2.25. The molecule has 148 valence electrons. The summed E-state index contributed by atoms with van der Waals surface area (Å²) in [5, 5.41) is 6.14. The number of carbonyl (C=O) groups excluding carboxylic acids is 2. The van der Waals surface area contributed by atoms with Crippen molar-refractivity contribution in [1.82, 2.24) is 4.98 Å². The molecule has 0 saturated heterocycles. The van der Waals surface area contributed by atoms with E-state index in [0.717, 1.165) is 28.2 Å². The van der Waals surface area contributed by atoms with Gasteiger partial charge in [0, 0.05) is 30.0 Å². The lowest BCUT2D eigenvalue weighted by atomic mass is 10.1. The minimum Gasteiger partial charge on any atom is -0.326 e. The van der Waals surface area contributed by atoms with E-state index < -0.39 is 0 Å². The van der Waals surface area contributed by atoms with Crippen LogP contribution in [0.2, 0.25) is 0 Å². The third kappa shape index (κ3) is 6.12. The second-order valence-corrected chi connectivity index (χ2v) is 7.90. The molecule has 2 N–H and O–H groups in total. The average molecular weight is 406 g/mol. The Labute approximate surface area is 174 Å². The van der Waals surface area contributed by atoms with Crippen LogP contribution in [0.4, 0.5) is 10.8 Å². The van der Waals surface area contributed by atoms with Crippen molar-refractivity contribution in [3.8, 4) is 0 Å². The quantitative estimate of drug-likeness (QED) is 0.569. The van der Waals surface area contributed by atoms with Gasteiger partial charge in [-0.25, -0.2) is 4.98 Å². The van der Waals surface area contributed by atoms with E-state index in [1.165, 1.54) is 35.5 Å². The normalized spacial score (nSPS) is 10.9. The molecule has 0 fully saturated rings. The molecule has 3 rings (SSSR count). The summed E-state index contributed by atoms with van der Waals surface area (Å²) in [6, 6.07) is 15.7. The number of carbonyl (C=O) groups is 2. The molecular weight excluding hydrogens is 382 g/mol. The van der Waals surface area contributed by atoms with Crippen LogP contribution < -0.4 is 10.6 Å². The molecule has 1 aromatic heterocycles. The van der Waals surface area contributed by atoms with Gasteiger partial charge in [-0.1, -0.05) is 42.0 Å². The number of nitrogens with zero attached hydrogens (tertiary/aromatic N) is 1. The molecule has 5 nitrogen and oxygen atoms in total. The van der Waals surface area contributed by atoms with E-state index in [1.807, 2.05) is 19.1 Å². The van der Waals surface area contributed by atoms with Crippen molar-refractivity contribution < 1.29 is 9.59 Å². The van der Waals surface area contributed by atoms with Crippen molar-refractivity contribution in [2.45, 2.75) is 27.2 Å². The molecule has 3 aromatic rings. The molecule has 0 aliphatic carbocycles. The SMILES string of the molecule is CC(=O)Nc1ccc(/C=C/C(=O)Nc2nc(C)c(Cc3ccc(C)cc3)s2)cc1. The lowest BCUT2D eigenvalue weighted by molar-refractivity contribution is -0.114. The van der Waals surface area contributed by atoms with Crippen LogP contribution >= 0.6 is 11.3 Å². The van der Waals surface area contributed by atoms with Crippen LogP contribution in [0.15, 0.2) is 54.6 Å². The Morgan fingerprint density at radius 2 is 1.69 bits per heavy atom. The number of aromatic nitrogens is 1. The molecule has 0 unspecified atom stereocenters. The third-order valence-electron chi connectivity index (χ3n) is 4.27. The van der Waals surface area contributed by atoms with Crippen molar-refractivity contribution in [3.05, 3.63) is 81.9 Å².